The number of aromatic nitrogens is 3. The van der Waals surface area contributed by atoms with E-state index in [9.17, 15) is 4.55 Å². The van der Waals surface area contributed by atoms with Gasteiger partial charge in [-0.3, -0.25) is 0 Å². The quantitative estimate of drug-likeness (QED) is 0.346. The predicted molar refractivity (Wildman–Crippen MR) is 116 cm³/mol. The number of piperidine rings is 1. The molecule has 0 radical (unpaired) electrons. The van der Waals surface area contributed by atoms with E-state index in [1.807, 2.05) is 41.2 Å². The fraction of sp³-hybridized carbons (Fsp3) is 0.217. The summed E-state index contributed by atoms with van der Waals surface area (Å²) in [6, 6.07) is 16.7. The van der Waals surface area contributed by atoms with Crippen molar-refractivity contribution in [3.63, 3.8) is 0 Å². The third-order valence-corrected chi connectivity index (χ3v) is 6.18. The zero-order valence-electron chi connectivity index (χ0n) is 16.0. The summed E-state index contributed by atoms with van der Waals surface area (Å²) in [5.41, 5.74) is 6.57. The molecule has 5 nitrogen and oxygen atoms in total. The van der Waals surface area contributed by atoms with Crippen LogP contribution in [-0.2, 0) is 0 Å². The zero-order chi connectivity index (χ0) is 19.6. The van der Waals surface area contributed by atoms with Gasteiger partial charge in [0.05, 0.1) is 17.3 Å². The lowest BCUT2D eigenvalue weighted by atomic mass is 9.89. The second-order valence-electron chi connectivity index (χ2n) is 7.49. The maximum absolute atomic E-state index is 9.32. The summed E-state index contributed by atoms with van der Waals surface area (Å²) in [5, 5.41) is 6.71. The van der Waals surface area contributed by atoms with Crippen LogP contribution in [0.2, 0.25) is 0 Å². The minimum absolute atomic E-state index is 0.666. The van der Waals surface area contributed by atoms with Crippen LogP contribution in [0.1, 0.15) is 24.3 Å². The Kier molecular flexibility index (Phi) is 5.06. The molecule has 1 saturated heterocycles. The molecule has 0 spiro atoms. The fourth-order valence-corrected chi connectivity index (χ4v) is 4.43. The number of benzene rings is 2. The topological polar surface area (TPSA) is 65.0 Å². The minimum Gasteiger partial charge on any atom is -0.325 e. The first-order chi connectivity index (χ1) is 14.3. The molecule has 6 heteroatoms. The van der Waals surface area contributed by atoms with E-state index in [2.05, 4.69) is 40.9 Å². The van der Waals surface area contributed by atoms with Crippen molar-refractivity contribution in [2.45, 2.75) is 23.7 Å². The highest BCUT2D eigenvalue weighted by atomic mass is 32.2. The number of hydrogen-bond acceptors (Lipinski definition) is 4. The van der Waals surface area contributed by atoms with Crippen LogP contribution in [0.4, 0.5) is 0 Å². The summed E-state index contributed by atoms with van der Waals surface area (Å²) in [6.45, 7) is 2.22. The van der Waals surface area contributed by atoms with E-state index < -0.39 is 0 Å². The van der Waals surface area contributed by atoms with E-state index in [0.29, 0.717) is 5.92 Å². The molecule has 3 heterocycles. The molecule has 0 unspecified atom stereocenters. The van der Waals surface area contributed by atoms with Gasteiger partial charge in [0.25, 0.3) is 0 Å². The molecule has 146 valence electrons. The number of fused-ring (bicyclic) bond motifs is 1. The second-order valence-corrected chi connectivity index (χ2v) is 8.14. The Bertz CT molecular complexity index is 1130. The van der Waals surface area contributed by atoms with Gasteiger partial charge in [0.2, 0.25) is 0 Å². The number of aromatic amines is 1. The Labute approximate surface area is 174 Å². The van der Waals surface area contributed by atoms with E-state index in [4.69, 9.17) is 4.98 Å². The third-order valence-electron chi connectivity index (χ3n) is 5.72. The highest BCUT2D eigenvalue weighted by molar-refractivity contribution is 7.93. The monoisotopic (exact) mass is 403 g/mol. The van der Waals surface area contributed by atoms with E-state index in [1.165, 1.54) is 24.0 Å². The fourth-order valence-electron chi connectivity index (χ4n) is 4.11. The van der Waals surface area contributed by atoms with Crippen LogP contribution in [0.25, 0.3) is 27.9 Å². The van der Waals surface area contributed by atoms with Crippen LogP contribution >= 0.6 is 12.0 Å². The van der Waals surface area contributed by atoms with Crippen molar-refractivity contribution in [3.05, 3.63) is 72.7 Å². The van der Waals surface area contributed by atoms with Gasteiger partial charge < -0.3 is 9.87 Å². The molecule has 0 bridgehead atoms. The molecule has 1 fully saturated rings. The molecule has 0 amide bonds. The third kappa shape index (κ3) is 3.67. The summed E-state index contributed by atoms with van der Waals surface area (Å²) in [4.78, 5) is 5.53. The number of nitrogens with zero attached hydrogens (tertiary/aromatic N) is 2. The number of nitrogens with one attached hydrogen (secondary N) is 2. The first-order valence-electron chi connectivity index (χ1n) is 9.93. The summed E-state index contributed by atoms with van der Waals surface area (Å²) < 4.78 is 11.3. The van der Waals surface area contributed by atoms with Crippen LogP contribution in [-0.4, -0.2) is 27.7 Å². The van der Waals surface area contributed by atoms with Crippen LogP contribution in [0.15, 0.2) is 72.0 Å². The molecule has 29 heavy (non-hydrogen) atoms. The largest absolute Gasteiger partial charge is 0.355 e. The average molecular weight is 404 g/mol. The van der Waals surface area contributed by atoms with Gasteiger partial charge >= 0.3 is 5.65 Å². The Hall–Kier alpha value is -2.67. The van der Waals surface area contributed by atoms with Crippen LogP contribution < -0.4 is 9.83 Å². The molecule has 0 aliphatic carbocycles. The van der Waals surface area contributed by atoms with Gasteiger partial charge in [0.15, 0.2) is 6.20 Å². The van der Waals surface area contributed by atoms with Gasteiger partial charge in [-0.1, -0.05) is 36.4 Å². The molecule has 3 N–H and O–H groups in total. The van der Waals surface area contributed by atoms with E-state index in [-0.39, 0.29) is 0 Å². The summed E-state index contributed by atoms with van der Waals surface area (Å²) in [7, 11) is 0. The van der Waals surface area contributed by atoms with Crippen molar-refractivity contribution in [1.29, 1.82) is 0 Å². The molecule has 2 aromatic carbocycles. The average Bonchev–Trinajstić information content (AvgIpc) is 3.23. The first kappa shape index (κ1) is 18.4. The molecular formula is C23H23N4OS+. The second kappa shape index (κ2) is 7.99. The van der Waals surface area contributed by atoms with Crippen molar-refractivity contribution < 1.29 is 9.07 Å². The van der Waals surface area contributed by atoms with Gasteiger partial charge in [0.1, 0.15) is 6.20 Å². The van der Waals surface area contributed by atoms with Crippen LogP contribution in [0, 0.1) is 0 Å². The minimum atomic E-state index is 0.666. The maximum Gasteiger partial charge on any atom is 0.355 e. The lowest BCUT2D eigenvalue weighted by Gasteiger charge is -2.23. The molecule has 4 aromatic rings. The van der Waals surface area contributed by atoms with Gasteiger partial charge in [0, 0.05) is 16.9 Å². The van der Waals surface area contributed by atoms with E-state index in [1.54, 1.807) is 0 Å². The zero-order valence-corrected chi connectivity index (χ0v) is 16.8. The number of hydrogen-bond donors (Lipinski definition) is 3. The Morgan fingerprint density at radius 2 is 1.83 bits per heavy atom. The van der Waals surface area contributed by atoms with Crippen LogP contribution in [0.3, 0.4) is 0 Å². The molecule has 5 rings (SSSR count). The molecule has 0 saturated carbocycles. The van der Waals surface area contributed by atoms with Gasteiger partial charge in [-0.05, 0) is 65.7 Å². The normalized spacial score (nSPS) is 15.1. The Morgan fingerprint density at radius 3 is 2.62 bits per heavy atom. The van der Waals surface area contributed by atoms with E-state index >= 15 is 0 Å². The summed E-state index contributed by atoms with van der Waals surface area (Å²) >= 11 is 0.756. The van der Waals surface area contributed by atoms with Gasteiger partial charge in [-0.25, -0.2) is 5.10 Å². The number of rotatable bonds is 4. The van der Waals surface area contributed by atoms with Crippen molar-refractivity contribution in [2.24, 2.45) is 0 Å². The SMILES string of the molecule is OSc1cccc(-c2c[nH][n+]3cc(-c4ccc(C5CCNCC5)cc4)cnc23)c1. The van der Waals surface area contributed by atoms with Crippen molar-refractivity contribution in [1.82, 2.24) is 15.4 Å². The summed E-state index contributed by atoms with van der Waals surface area (Å²) in [6.07, 6.45) is 8.38. The Balaban J connectivity index is 1.44. The van der Waals surface area contributed by atoms with Crippen molar-refractivity contribution in [3.8, 4) is 22.3 Å². The number of H-pyrrole nitrogens is 1. The molecule has 1 aliphatic rings. The Morgan fingerprint density at radius 1 is 1.00 bits per heavy atom. The van der Waals surface area contributed by atoms with Crippen molar-refractivity contribution >= 4 is 17.7 Å². The standard InChI is InChI=1S/C23H22N4OS/c28-29-21-3-1-2-19(12-21)22-14-26-27-15-20(13-25-23(22)27)17-6-4-16(5-7-17)18-8-10-24-11-9-18/h1-7,12-15,18,24,28H,8-11H2/p+1. The van der Waals surface area contributed by atoms with Crippen molar-refractivity contribution in [2.75, 3.05) is 13.1 Å². The highest BCUT2D eigenvalue weighted by Gasteiger charge is 2.18. The highest BCUT2D eigenvalue weighted by Crippen LogP contribution is 2.29. The smallest absolute Gasteiger partial charge is 0.325 e. The molecule has 2 aromatic heterocycles. The van der Waals surface area contributed by atoms with E-state index in [0.717, 1.165) is 52.4 Å². The lowest BCUT2D eigenvalue weighted by Crippen LogP contribution is -2.26. The first-order valence-corrected chi connectivity index (χ1v) is 10.7. The molecular weight excluding hydrogens is 380 g/mol. The molecule has 0 atom stereocenters. The predicted octanol–water partition coefficient (Wildman–Crippen LogP) is 4.51. The maximum atomic E-state index is 9.32. The van der Waals surface area contributed by atoms with Gasteiger partial charge in [-0.15, -0.1) is 4.52 Å². The van der Waals surface area contributed by atoms with Crippen LogP contribution in [0.5, 0.6) is 0 Å². The van der Waals surface area contributed by atoms with Gasteiger partial charge in [-0.2, -0.15) is 0 Å². The lowest BCUT2D eigenvalue weighted by molar-refractivity contribution is -0.578. The molecule has 1 aliphatic heterocycles. The summed E-state index contributed by atoms with van der Waals surface area (Å²) in [5.74, 6) is 0.666.